The van der Waals surface area contributed by atoms with Crippen molar-refractivity contribution in [2.45, 2.75) is 42.6 Å². The average Bonchev–Trinajstić information content (AvgIpc) is 3.57. The molecule has 12 nitrogen and oxygen atoms in total. The summed E-state index contributed by atoms with van der Waals surface area (Å²) < 4.78 is 40.8. The number of hydroxylamine groups is 2. The number of piperazine rings is 1. The molecule has 2 saturated heterocycles. The largest absolute Gasteiger partial charge is 0.634 e. The Labute approximate surface area is 246 Å². The second kappa shape index (κ2) is 11.2. The zero-order valence-electron chi connectivity index (χ0n) is 22.4. The minimum Gasteiger partial charge on any atom is -0.634 e. The van der Waals surface area contributed by atoms with Gasteiger partial charge >= 0.3 is 5.91 Å². The lowest BCUT2D eigenvalue weighted by atomic mass is 10.1. The van der Waals surface area contributed by atoms with Crippen molar-refractivity contribution in [3.05, 3.63) is 51.8 Å². The van der Waals surface area contributed by atoms with Gasteiger partial charge in [-0.3, -0.25) is 9.59 Å². The second-order valence-electron chi connectivity index (χ2n) is 10.6. The number of ether oxygens (including phenoxy) is 1. The van der Waals surface area contributed by atoms with E-state index in [9.17, 15) is 23.2 Å². The fraction of sp³-hybridized carbons (Fsp3) is 0.500. The van der Waals surface area contributed by atoms with Crippen LogP contribution in [0.1, 0.15) is 35.5 Å². The number of nitrogens with zero attached hydrogens (tertiary/aromatic N) is 4. The van der Waals surface area contributed by atoms with Crippen LogP contribution in [0.2, 0.25) is 5.02 Å². The molecule has 0 radical (unpaired) electrons. The Hall–Kier alpha value is -2.59. The number of nitrogens with one attached hydrogen (secondary N) is 1. The normalized spacial score (nSPS) is 24.0. The Balaban J connectivity index is 1.27. The molecule has 220 valence electrons. The summed E-state index contributed by atoms with van der Waals surface area (Å²) >= 11 is 7.24. The van der Waals surface area contributed by atoms with Crippen LogP contribution in [0.5, 0.6) is 0 Å². The number of fused-ring (bicyclic) bond motifs is 2. The number of benzene rings is 1. The number of aromatic nitrogens is 1. The Morgan fingerprint density at radius 3 is 2.76 bits per heavy atom. The number of morpholine rings is 1. The van der Waals surface area contributed by atoms with Crippen molar-refractivity contribution in [2.75, 3.05) is 45.9 Å². The second-order valence-corrected chi connectivity index (χ2v) is 14.3. The van der Waals surface area contributed by atoms with E-state index >= 15 is 0 Å². The molecule has 41 heavy (non-hydrogen) atoms. The lowest BCUT2D eigenvalue weighted by Crippen LogP contribution is -3.10. The SMILES string of the molecule is CC1Cc2nc(C(=O)N3CCN(S(=O)(=O)c4cc5ccc(Cl)cc5s4)CC3CC(=O)N3CCOCC3)oc2C[NH+]1[O-]. The Morgan fingerprint density at radius 2 is 1.98 bits per heavy atom. The topological polar surface area (TPSA) is 141 Å². The van der Waals surface area contributed by atoms with Gasteiger partial charge in [-0.1, -0.05) is 17.7 Å². The molecule has 0 bridgehead atoms. The van der Waals surface area contributed by atoms with E-state index in [0.717, 1.165) is 21.4 Å². The highest BCUT2D eigenvalue weighted by Crippen LogP contribution is 2.34. The summed E-state index contributed by atoms with van der Waals surface area (Å²) in [6.45, 7) is 3.66. The number of hydrogen-bond donors (Lipinski definition) is 1. The highest BCUT2D eigenvalue weighted by Gasteiger charge is 2.41. The van der Waals surface area contributed by atoms with E-state index < -0.39 is 22.0 Å². The van der Waals surface area contributed by atoms with E-state index in [4.69, 9.17) is 20.8 Å². The van der Waals surface area contributed by atoms with Crippen LogP contribution in [0.25, 0.3) is 10.1 Å². The first kappa shape index (κ1) is 28.5. The number of carbonyl (C=O) groups is 2. The molecule has 1 N–H and O–H groups in total. The van der Waals surface area contributed by atoms with Crippen molar-refractivity contribution >= 4 is 54.9 Å². The standard InChI is InChI=1S/C26H30ClN5O7S2/c1-16-10-20-21(15-32(16)35)39-25(28-20)26(34)31-5-4-30(14-19(31)13-23(33)29-6-8-38-9-7-29)41(36,37)24-11-17-2-3-18(27)12-22(17)40-24/h2-3,11-12,16,19,32H,4-10,13-15H2,1H3. The maximum Gasteiger partial charge on any atom is 0.310 e. The van der Waals surface area contributed by atoms with Crippen LogP contribution in [0.15, 0.2) is 32.9 Å². The zero-order valence-corrected chi connectivity index (χ0v) is 24.8. The third kappa shape index (κ3) is 5.61. The van der Waals surface area contributed by atoms with Gasteiger partial charge in [-0.15, -0.1) is 11.3 Å². The smallest absolute Gasteiger partial charge is 0.310 e. The molecule has 0 spiro atoms. The molecule has 3 aliphatic rings. The average molecular weight is 624 g/mol. The third-order valence-electron chi connectivity index (χ3n) is 7.88. The van der Waals surface area contributed by atoms with Crippen molar-refractivity contribution in [1.29, 1.82) is 0 Å². The fourth-order valence-corrected chi connectivity index (χ4v) is 8.79. The number of carbonyl (C=O) groups excluding carboxylic acids is 2. The molecule has 2 aromatic heterocycles. The first-order valence-corrected chi connectivity index (χ1v) is 16.1. The Bertz CT molecular complexity index is 1560. The molecule has 1 aromatic carbocycles. The molecule has 3 unspecified atom stereocenters. The number of hydrogen-bond acceptors (Lipinski definition) is 9. The molecule has 2 amide bonds. The van der Waals surface area contributed by atoms with Crippen LogP contribution >= 0.6 is 22.9 Å². The summed E-state index contributed by atoms with van der Waals surface area (Å²) in [6, 6.07) is 5.89. The minimum atomic E-state index is -3.91. The summed E-state index contributed by atoms with van der Waals surface area (Å²) in [6.07, 6.45) is 0.339. The van der Waals surface area contributed by atoms with Crippen LogP contribution in [0, 0.1) is 5.21 Å². The van der Waals surface area contributed by atoms with Gasteiger partial charge in [0.1, 0.15) is 10.8 Å². The van der Waals surface area contributed by atoms with Crippen molar-refractivity contribution in [3.63, 3.8) is 0 Å². The molecule has 2 fully saturated rings. The summed E-state index contributed by atoms with van der Waals surface area (Å²) in [7, 11) is -3.91. The highest BCUT2D eigenvalue weighted by molar-refractivity contribution is 7.91. The summed E-state index contributed by atoms with van der Waals surface area (Å²) in [5.41, 5.74) is 0.590. The molecule has 3 aliphatic heterocycles. The first-order valence-electron chi connectivity index (χ1n) is 13.5. The summed E-state index contributed by atoms with van der Waals surface area (Å²) in [4.78, 5) is 34.5. The molecule has 6 rings (SSSR count). The van der Waals surface area contributed by atoms with Gasteiger partial charge in [-0.25, -0.2) is 13.4 Å². The van der Waals surface area contributed by atoms with E-state index in [-0.39, 0.29) is 59.7 Å². The number of thiophene rings is 1. The van der Waals surface area contributed by atoms with Gasteiger partial charge in [-0.2, -0.15) is 4.31 Å². The van der Waals surface area contributed by atoms with E-state index in [1.165, 1.54) is 9.21 Å². The van der Waals surface area contributed by atoms with Crippen LogP contribution < -0.4 is 5.06 Å². The third-order valence-corrected chi connectivity index (χ3v) is 11.5. The van der Waals surface area contributed by atoms with Gasteiger partial charge in [0.25, 0.3) is 15.9 Å². The maximum absolute atomic E-state index is 13.7. The van der Waals surface area contributed by atoms with Gasteiger partial charge in [-0.05, 0) is 30.5 Å². The Morgan fingerprint density at radius 1 is 1.20 bits per heavy atom. The van der Waals surface area contributed by atoms with Crippen LogP contribution in [0.3, 0.4) is 0 Å². The Kier molecular flexibility index (Phi) is 7.82. The predicted octanol–water partition coefficient (Wildman–Crippen LogP) is 1.13. The molecular formula is C26H30ClN5O7S2. The first-order chi connectivity index (χ1) is 19.6. The van der Waals surface area contributed by atoms with E-state index in [2.05, 4.69) is 4.98 Å². The van der Waals surface area contributed by atoms with Crippen LogP contribution in [-0.2, 0) is 32.5 Å². The number of rotatable bonds is 5. The lowest BCUT2D eigenvalue weighted by molar-refractivity contribution is -0.890. The molecule has 5 heterocycles. The van der Waals surface area contributed by atoms with Gasteiger partial charge in [0.15, 0.2) is 5.76 Å². The van der Waals surface area contributed by atoms with Gasteiger partial charge < -0.3 is 29.2 Å². The zero-order chi connectivity index (χ0) is 28.9. The fourth-order valence-electron chi connectivity index (χ4n) is 5.50. The number of sulfonamides is 1. The van der Waals surface area contributed by atoms with Crippen LogP contribution in [0.4, 0.5) is 0 Å². The predicted molar refractivity (Wildman–Crippen MR) is 150 cm³/mol. The van der Waals surface area contributed by atoms with Crippen molar-refractivity contribution in [1.82, 2.24) is 19.1 Å². The van der Waals surface area contributed by atoms with Crippen molar-refractivity contribution in [3.8, 4) is 0 Å². The van der Waals surface area contributed by atoms with Crippen LogP contribution in [-0.4, -0.2) is 97.3 Å². The van der Waals surface area contributed by atoms with Gasteiger partial charge in [0.05, 0.1) is 31.0 Å². The quantitative estimate of drug-likeness (QED) is 0.417. The number of halogens is 1. The molecule has 0 aliphatic carbocycles. The van der Waals surface area contributed by atoms with Gasteiger partial charge in [0.2, 0.25) is 5.91 Å². The molecule has 3 aromatic rings. The molecule has 3 atom stereocenters. The monoisotopic (exact) mass is 623 g/mol. The highest BCUT2D eigenvalue weighted by atomic mass is 35.5. The molecular weight excluding hydrogens is 594 g/mol. The molecule has 0 saturated carbocycles. The van der Waals surface area contributed by atoms with E-state index in [1.54, 1.807) is 29.2 Å². The van der Waals surface area contributed by atoms with E-state index in [0.29, 0.717) is 49.2 Å². The minimum absolute atomic E-state index is 0.0314. The molecule has 15 heteroatoms. The van der Waals surface area contributed by atoms with Crippen molar-refractivity contribution in [2.24, 2.45) is 0 Å². The van der Waals surface area contributed by atoms with Gasteiger partial charge in [0, 0.05) is 55.3 Å². The number of amides is 2. The van der Waals surface area contributed by atoms with E-state index in [1.807, 2.05) is 6.92 Å². The number of quaternary nitrogens is 1. The lowest BCUT2D eigenvalue weighted by Gasteiger charge is -2.40. The summed E-state index contributed by atoms with van der Waals surface area (Å²) in [5, 5.41) is 13.5. The number of oxazole rings is 1. The van der Waals surface area contributed by atoms with Crippen molar-refractivity contribution < 1.29 is 32.2 Å². The summed E-state index contributed by atoms with van der Waals surface area (Å²) in [5.74, 6) is -0.451. The maximum atomic E-state index is 13.7.